The number of hydrogen-bond donors (Lipinski definition) is 1. The molecule has 0 unspecified atom stereocenters. The highest BCUT2D eigenvalue weighted by atomic mass is 16.3. The van der Waals surface area contributed by atoms with E-state index in [-0.39, 0.29) is 11.9 Å². The summed E-state index contributed by atoms with van der Waals surface area (Å²) in [6.07, 6.45) is 2.81. The number of hydrogen-bond acceptors (Lipinski definition) is 2. The lowest BCUT2D eigenvalue weighted by molar-refractivity contribution is -0.117. The average Bonchev–Trinajstić information content (AvgIpc) is 2.56. The molecule has 1 rings (SSSR count). The Morgan fingerprint density at radius 1 is 1.83 bits per heavy atom. The molecule has 0 bridgehead atoms. The molecular weight excluding hydrogens is 154 g/mol. The van der Waals surface area contributed by atoms with Crippen LogP contribution in [0.15, 0.2) is 35.5 Å². The van der Waals surface area contributed by atoms with Crippen molar-refractivity contribution in [3.05, 3.63) is 36.8 Å². The van der Waals surface area contributed by atoms with E-state index in [4.69, 9.17) is 4.42 Å². The quantitative estimate of drug-likeness (QED) is 0.692. The summed E-state index contributed by atoms with van der Waals surface area (Å²) in [6, 6.07) is 3.49. The minimum atomic E-state index is -0.195. The summed E-state index contributed by atoms with van der Waals surface area (Å²) in [7, 11) is 0. The molecule has 0 aliphatic rings. The Hall–Kier alpha value is -1.51. The predicted octanol–water partition coefficient (Wildman–Crippen LogP) is 1.64. The van der Waals surface area contributed by atoms with E-state index in [9.17, 15) is 4.79 Å². The van der Waals surface area contributed by atoms with E-state index >= 15 is 0 Å². The van der Waals surface area contributed by atoms with Gasteiger partial charge in [0.15, 0.2) is 0 Å². The van der Waals surface area contributed by atoms with Crippen LogP contribution in [-0.4, -0.2) is 5.91 Å². The second kappa shape index (κ2) is 3.76. The van der Waals surface area contributed by atoms with E-state index in [1.807, 2.05) is 13.0 Å². The Bertz CT molecular complexity index is 264. The highest BCUT2D eigenvalue weighted by Crippen LogP contribution is 2.11. The van der Waals surface area contributed by atoms with Gasteiger partial charge in [-0.1, -0.05) is 6.58 Å². The van der Waals surface area contributed by atoms with E-state index < -0.39 is 0 Å². The first kappa shape index (κ1) is 8.59. The average molecular weight is 165 g/mol. The Morgan fingerprint density at radius 2 is 2.58 bits per heavy atom. The van der Waals surface area contributed by atoms with Gasteiger partial charge in [0.2, 0.25) is 5.91 Å². The van der Waals surface area contributed by atoms with Crippen molar-refractivity contribution in [3.8, 4) is 0 Å². The fourth-order valence-corrected chi connectivity index (χ4v) is 0.881. The maximum atomic E-state index is 10.8. The van der Waals surface area contributed by atoms with Crippen molar-refractivity contribution >= 4 is 5.91 Å². The number of furan rings is 1. The van der Waals surface area contributed by atoms with Crippen LogP contribution in [0.1, 0.15) is 18.7 Å². The highest BCUT2D eigenvalue weighted by Gasteiger charge is 2.08. The van der Waals surface area contributed by atoms with Crippen LogP contribution < -0.4 is 5.32 Å². The summed E-state index contributed by atoms with van der Waals surface area (Å²) in [6.45, 7) is 5.20. The highest BCUT2D eigenvalue weighted by molar-refractivity contribution is 5.87. The van der Waals surface area contributed by atoms with Crippen molar-refractivity contribution in [3.63, 3.8) is 0 Å². The standard InChI is InChI=1S/C9H11NO2/c1-3-9(11)10-7(2)8-5-4-6-12-8/h3-7H,1H2,2H3,(H,10,11)/t7-/m0/s1. The van der Waals surface area contributed by atoms with Gasteiger partial charge in [0, 0.05) is 0 Å². The molecule has 0 fully saturated rings. The number of nitrogens with one attached hydrogen (secondary N) is 1. The summed E-state index contributed by atoms with van der Waals surface area (Å²) in [4.78, 5) is 10.8. The summed E-state index contributed by atoms with van der Waals surface area (Å²) >= 11 is 0. The minimum absolute atomic E-state index is 0.106. The Morgan fingerprint density at radius 3 is 3.08 bits per heavy atom. The number of amides is 1. The van der Waals surface area contributed by atoms with Gasteiger partial charge in [-0.3, -0.25) is 4.79 Å². The van der Waals surface area contributed by atoms with Gasteiger partial charge in [0.05, 0.1) is 12.3 Å². The largest absolute Gasteiger partial charge is 0.467 e. The normalized spacial score (nSPS) is 12.1. The van der Waals surface area contributed by atoms with Crippen molar-refractivity contribution in [1.29, 1.82) is 0 Å². The lowest BCUT2D eigenvalue weighted by atomic mass is 10.2. The van der Waals surface area contributed by atoms with E-state index in [2.05, 4.69) is 11.9 Å². The molecule has 0 saturated heterocycles. The molecule has 0 saturated carbocycles. The van der Waals surface area contributed by atoms with Crippen LogP contribution in [-0.2, 0) is 4.79 Å². The molecule has 64 valence electrons. The van der Waals surface area contributed by atoms with Crippen molar-refractivity contribution in [2.24, 2.45) is 0 Å². The van der Waals surface area contributed by atoms with Crippen LogP contribution in [0.2, 0.25) is 0 Å². The third kappa shape index (κ3) is 1.99. The zero-order valence-corrected chi connectivity index (χ0v) is 6.91. The molecule has 1 atom stereocenters. The fourth-order valence-electron chi connectivity index (χ4n) is 0.881. The van der Waals surface area contributed by atoms with Gasteiger partial charge in [-0.15, -0.1) is 0 Å². The maximum Gasteiger partial charge on any atom is 0.243 e. The first-order valence-electron chi connectivity index (χ1n) is 3.70. The molecule has 1 heterocycles. The Labute approximate surface area is 71.1 Å². The van der Waals surface area contributed by atoms with E-state index in [0.717, 1.165) is 5.76 Å². The van der Waals surface area contributed by atoms with Gasteiger partial charge in [0.25, 0.3) is 0 Å². The van der Waals surface area contributed by atoms with Crippen LogP contribution in [0, 0.1) is 0 Å². The Kier molecular flexibility index (Phi) is 2.69. The van der Waals surface area contributed by atoms with Crippen LogP contribution >= 0.6 is 0 Å². The lowest BCUT2D eigenvalue weighted by Crippen LogP contribution is -2.23. The maximum absolute atomic E-state index is 10.8. The third-order valence-electron chi connectivity index (χ3n) is 1.51. The summed E-state index contributed by atoms with van der Waals surface area (Å²) in [5.41, 5.74) is 0. The Balaban J connectivity index is 2.55. The molecule has 1 amide bonds. The minimum Gasteiger partial charge on any atom is -0.467 e. The third-order valence-corrected chi connectivity index (χ3v) is 1.51. The lowest BCUT2D eigenvalue weighted by Gasteiger charge is -2.08. The summed E-state index contributed by atoms with van der Waals surface area (Å²) in [5, 5.41) is 2.68. The van der Waals surface area contributed by atoms with Crippen LogP contribution in [0.25, 0.3) is 0 Å². The van der Waals surface area contributed by atoms with Crippen LogP contribution in [0.3, 0.4) is 0 Å². The van der Waals surface area contributed by atoms with Crippen molar-refractivity contribution in [2.45, 2.75) is 13.0 Å². The molecule has 3 heteroatoms. The summed E-state index contributed by atoms with van der Waals surface area (Å²) < 4.78 is 5.09. The number of rotatable bonds is 3. The monoisotopic (exact) mass is 165 g/mol. The van der Waals surface area contributed by atoms with Crippen molar-refractivity contribution in [1.82, 2.24) is 5.32 Å². The molecular formula is C9H11NO2. The molecule has 1 aromatic rings. The SMILES string of the molecule is C=CC(=O)N[C@@H](C)c1ccco1. The fraction of sp³-hybridized carbons (Fsp3) is 0.222. The van der Waals surface area contributed by atoms with Crippen molar-refractivity contribution in [2.75, 3.05) is 0 Å². The molecule has 0 aliphatic carbocycles. The second-order valence-electron chi connectivity index (χ2n) is 2.45. The molecule has 0 aliphatic heterocycles. The van der Waals surface area contributed by atoms with Crippen LogP contribution in [0.5, 0.6) is 0 Å². The molecule has 3 nitrogen and oxygen atoms in total. The van der Waals surface area contributed by atoms with Gasteiger partial charge in [-0.05, 0) is 25.1 Å². The number of carbonyl (C=O) groups excluding carboxylic acids is 1. The molecule has 0 radical (unpaired) electrons. The van der Waals surface area contributed by atoms with Crippen molar-refractivity contribution < 1.29 is 9.21 Å². The van der Waals surface area contributed by atoms with Crippen LogP contribution in [0.4, 0.5) is 0 Å². The van der Waals surface area contributed by atoms with E-state index in [0.29, 0.717) is 0 Å². The number of carbonyl (C=O) groups is 1. The molecule has 12 heavy (non-hydrogen) atoms. The topological polar surface area (TPSA) is 42.2 Å². The summed E-state index contributed by atoms with van der Waals surface area (Å²) in [5.74, 6) is 0.545. The smallest absolute Gasteiger partial charge is 0.243 e. The van der Waals surface area contributed by atoms with Gasteiger partial charge in [0.1, 0.15) is 5.76 Å². The molecule has 0 spiro atoms. The van der Waals surface area contributed by atoms with Gasteiger partial charge in [-0.2, -0.15) is 0 Å². The molecule has 1 N–H and O–H groups in total. The first-order valence-corrected chi connectivity index (χ1v) is 3.70. The zero-order valence-electron chi connectivity index (χ0n) is 6.91. The van der Waals surface area contributed by atoms with Gasteiger partial charge in [-0.25, -0.2) is 0 Å². The first-order chi connectivity index (χ1) is 5.74. The van der Waals surface area contributed by atoms with Gasteiger partial charge >= 0.3 is 0 Å². The zero-order chi connectivity index (χ0) is 8.97. The van der Waals surface area contributed by atoms with E-state index in [1.165, 1.54) is 6.08 Å². The van der Waals surface area contributed by atoms with E-state index in [1.54, 1.807) is 12.3 Å². The predicted molar refractivity (Wildman–Crippen MR) is 45.5 cm³/mol. The second-order valence-corrected chi connectivity index (χ2v) is 2.45. The molecule has 1 aromatic heterocycles. The molecule has 0 aromatic carbocycles. The van der Waals surface area contributed by atoms with Gasteiger partial charge < -0.3 is 9.73 Å².